The van der Waals surface area contributed by atoms with Crippen LogP contribution in [0.2, 0.25) is 0 Å². The topological polar surface area (TPSA) is 158 Å². The van der Waals surface area contributed by atoms with Crippen molar-refractivity contribution >= 4 is 57.9 Å². The number of esters is 1. The van der Waals surface area contributed by atoms with Crippen molar-refractivity contribution < 1.29 is 23.9 Å². The number of aromatic nitrogens is 1. The fourth-order valence-corrected chi connectivity index (χ4v) is 4.84. The second-order valence-corrected chi connectivity index (χ2v) is 9.28. The van der Waals surface area contributed by atoms with Gasteiger partial charge in [0.25, 0.3) is 11.8 Å². The molecule has 0 saturated heterocycles. The molecule has 0 fully saturated rings. The minimum atomic E-state index is -1.14. The molecule has 3 amide bonds. The average Bonchev–Trinajstić information content (AvgIpc) is 3.47. The number of ether oxygens (including phenoxy) is 1. The van der Waals surface area contributed by atoms with Gasteiger partial charge in [0, 0.05) is 10.6 Å². The summed E-state index contributed by atoms with van der Waals surface area (Å²) in [5.41, 5.74) is 13.3. The lowest BCUT2D eigenvalue weighted by molar-refractivity contribution is -0.143. The van der Waals surface area contributed by atoms with Crippen LogP contribution in [0.5, 0.6) is 0 Å². The van der Waals surface area contributed by atoms with E-state index >= 15 is 0 Å². The van der Waals surface area contributed by atoms with E-state index in [1.54, 1.807) is 36.6 Å². The Morgan fingerprint density at radius 3 is 2.49 bits per heavy atom. The van der Waals surface area contributed by atoms with Crippen molar-refractivity contribution in [1.82, 2.24) is 9.69 Å². The van der Waals surface area contributed by atoms with Crippen LogP contribution < -0.4 is 21.7 Å². The van der Waals surface area contributed by atoms with Gasteiger partial charge in [0.15, 0.2) is 11.7 Å². The molecule has 0 aliphatic rings. The average molecular weight is 516 g/mol. The zero-order valence-electron chi connectivity index (χ0n) is 19.4. The summed E-state index contributed by atoms with van der Waals surface area (Å²) in [5.74, 6) is -2.70. The molecular weight excluding hydrogens is 490 g/mol. The molecule has 2 aromatic heterocycles. The van der Waals surface area contributed by atoms with Gasteiger partial charge in [-0.15, -0.1) is 11.3 Å². The molecule has 5 N–H and O–H groups in total. The van der Waals surface area contributed by atoms with Crippen molar-refractivity contribution in [2.24, 2.45) is 5.73 Å². The van der Waals surface area contributed by atoms with Crippen molar-refractivity contribution in [3.8, 4) is 0 Å². The molecule has 0 spiro atoms. The molecule has 3 aromatic rings. The molecule has 1 atom stereocenters. The minimum absolute atomic E-state index is 0.0308. The fourth-order valence-electron chi connectivity index (χ4n) is 3.29. The number of nitrogens with two attached hydrogens (primary N) is 2. The van der Waals surface area contributed by atoms with Gasteiger partial charge in [-0.2, -0.15) is 4.37 Å². The van der Waals surface area contributed by atoms with Gasteiger partial charge in [-0.1, -0.05) is 12.1 Å². The quantitative estimate of drug-likeness (QED) is 0.370. The lowest BCUT2D eigenvalue weighted by Crippen LogP contribution is -2.45. The zero-order chi connectivity index (χ0) is 25.7. The normalized spacial score (nSPS) is 11.5. The molecule has 0 bridgehead atoms. The van der Waals surface area contributed by atoms with Gasteiger partial charge >= 0.3 is 5.97 Å². The van der Waals surface area contributed by atoms with Crippen LogP contribution in [0.25, 0.3) is 0 Å². The molecule has 12 heteroatoms. The molecule has 2 heterocycles. The number of benzene rings is 1. The summed E-state index contributed by atoms with van der Waals surface area (Å²) in [6.07, 6.45) is 0. The number of nitrogen functional groups attached to an aromatic ring is 1. The van der Waals surface area contributed by atoms with Crippen molar-refractivity contribution in [1.29, 1.82) is 0 Å². The smallest absolute Gasteiger partial charge is 0.325 e. The van der Waals surface area contributed by atoms with Gasteiger partial charge in [0.2, 0.25) is 5.91 Å². The third kappa shape index (κ3) is 5.66. The first kappa shape index (κ1) is 25.8. The molecule has 0 radical (unpaired) electrons. The molecular formula is C23H25N5O5S2. The first-order valence-corrected chi connectivity index (χ1v) is 12.2. The van der Waals surface area contributed by atoms with Crippen LogP contribution in [-0.2, 0) is 14.3 Å². The summed E-state index contributed by atoms with van der Waals surface area (Å²) in [7, 11) is 0. The summed E-state index contributed by atoms with van der Waals surface area (Å²) in [5, 5.41) is 4.33. The highest BCUT2D eigenvalue weighted by Crippen LogP contribution is 2.35. The Morgan fingerprint density at radius 2 is 1.91 bits per heavy atom. The number of nitrogens with zero attached hydrogens (tertiary/aromatic N) is 2. The molecule has 1 unspecified atom stereocenters. The van der Waals surface area contributed by atoms with Crippen LogP contribution in [0.4, 0.5) is 11.4 Å². The molecule has 0 aliphatic carbocycles. The first-order valence-electron chi connectivity index (χ1n) is 10.6. The van der Waals surface area contributed by atoms with E-state index in [9.17, 15) is 19.2 Å². The number of hydrogen-bond donors (Lipinski definition) is 3. The number of primary amides is 1. The lowest BCUT2D eigenvalue weighted by atomic mass is 10.1. The zero-order valence-corrected chi connectivity index (χ0v) is 21.0. The molecule has 1 aromatic carbocycles. The van der Waals surface area contributed by atoms with Gasteiger partial charge in [-0.3, -0.25) is 24.1 Å². The van der Waals surface area contributed by atoms with Crippen LogP contribution in [0.3, 0.4) is 0 Å². The molecule has 0 aliphatic heterocycles. The number of carbonyl (C=O) groups is 4. The summed E-state index contributed by atoms with van der Waals surface area (Å²) < 4.78 is 8.82. The number of amides is 3. The standard InChI is InChI=1S/C23H25N5O5S2/c1-4-33-16(29)11-26-22(31)19(15-6-5-9-34-15)28(14-8-7-12(2)13(3)10-14)23(32)20-17(24)18(21(25)30)27-35-20/h5-10,19H,4,11,24H2,1-3H3,(H2,25,30)(H,26,31). The second kappa shape index (κ2) is 11.1. The minimum Gasteiger partial charge on any atom is -0.465 e. The first-order chi connectivity index (χ1) is 16.6. The largest absolute Gasteiger partial charge is 0.465 e. The Labute approximate surface area is 210 Å². The van der Waals surface area contributed by atoms with E-state index in [0.717, 1.165) is 22.7 Å². The van der Waals surface area contributed by atoms with E-state index < -0.39 is 29.7 Å². The Hall–Kier alpha value is -3.77. The molecule has 3 rings (SSSR count). The molecule has 0 saturated carbocycles. The molecule has 10 nitrogen and oxygen atoms in total. The Bertz CT molecular complexity index is 1260. The van der Waals surface area contributed by atoms with E-state index in [2.05, 4.69) is 9.69 Å². The van der Waals surface area contributed by atoms with Crippen LogP contribution in [0.1, 0.15) is 49.1 Å². The van der Waals surface area contributed by atoms with Crippen molar-refractivity contribution in [2.75, 3.05) is 23.8 Å². The SMILES string of the molecule is CCOC(=O)CNC(=O)C(c1cccs1)N(C(=O)c1snc(C(N)=O)c1N)c1ccc(C)c(C)c1. The number of carbonyl (C=O) groups excluding carboxylic acids is 4. The number of thiophene rings is 1. The summed E-state index contributed by atoms with van der Waals surface area (Å²) in [4.78, 5) is 52.6. The lowest BCUT2D eigenvalue weighted by Gasteiger charge is -2.30. The summed E-state index contributed by atoms with van der Waals surface area (Å²) >= 11 is 2.00. The highest BCUT2D eigenvalue weighted by atomic mass is 32.1. The predicted molar refractivity (Wildman–Crippen MR) is 134 cm³/mol. The number of aryl methyl sites for hydroxylation is 2. The Kier molecular flexibility index (Phi) is 8.20. The Balaban J connectivity index is 2.12. The number of rotatable bonds is 9. The maximum atomic E-state index is 13.9. The highest BCUT2D eigenvalue weighted by Gasteiger charge is 2.36. The van der Waals surface area contributed by atoms with Crippen molar-refractivity contribution in [3.05, 3.63) is 62.3 Å². The summed E-state index contributed by atoms with van der Waals surface area (Å²) in [6.45, 7) is 5.28. The van der Waals surface area contributed by atoms with Gasteiger partial charge in [0.1, 0.15) is 11.4 Å². The van der Waals surface area contributed by atoms with E-state index in [0.29, 0.717) is 10.6 Å². The van der Waals surface area contributed by atoms with E-state index in [1.807, 2.05) is 19.9 Å². The van der Waals surface area contributed by atoms with Crippen LogP contribution in [0.15, 0.2) is 35.7 Å². The van der Waals surface area contributed by atoms with E-state index in [1.165, 1.54) is 16.2 Å². The van der Waals surface area contributed by atoms with E-state index in [-0.39, 0.29) is 29.4 Å². The predicted octanol–water partition coefficient (Wildman–Crippen LogP) is 2.57. The molecule has 35 heavy (non-hydrogen) atoms. The third-order valence-electron chi connectivity index (χ3n) is 5.17. The van der Waals surface area contributed by atoms with Crippen molar-refractivity contribution in [2.45, 2.75) is 26.8 Å². The Morgan fingerprint density at radius 1 is 1.17 bits per heavy atom. The fraction of sp³-hybridized carbons (Fsp3) is 0.261. The maximum absolute atomic E-state index is 13.9. The van der Waals surface area contributed by atoms with Gasteiger partial charge < -0.3 is 21.5 Å². The third-order valence-corrected chi connectivity index (χ3v) is 6.95. The van der Waals surface area contributed by atoms with E-state index in [4.69, 9.17) is 16.2 Å². The van der Waals surface area contributed by atoms with Crippen LogP contribution in [0, 0.1) is 13.8 Å². The van der Waals surface area contributed by atoms with Gasteiger partial charge in [0.05, 0.1) is 12.3 Å². The monoisotopic (exact) mass is 515 g/mol. The highest BCUT2D eigenvalue weighted by molar-refractivity contribution is 7.10. The number of hydrogen-bond acceptors (Lipinski definition) is 9. The van der Waals surface area contributed by atoms with Gasteiger partial charge in [-0.25, -0.2) is 0 Å². The van der Waals surface area contributed by atoms with Gasteiger partial charge in [-0.05, 0) is 67.0 Å². The van der Waals surface area contributed by atoms with Crippen molar-refractivity contribution in [3.63, 3.8) is 0 Å². The summed E-state index contributed by atoms with van der Waals surface area (Å²) in [6, 6.07) is 7.65. The van der Waals surface area contributed by atoms with Crippen LogP contribution in [-0.4, -0.2) is 41.2 Å². The number of anilines is 2. The second-order valence-electron chi connectivity index (χ2n) is 7.52. The van der Waals surface area contributed by atoms with Crippen LogP contribution >= 0.6 is 22.9 Å². The molecule has 184 valence electrons. The number of nitrogens with one attached hydrogen (secondary N) is 1. The maximum Gasteiger partial charge on any atom is 0.325 e.